The van der Waals surface area contributed by atoms with Crippen LogP contribution < -0.4 is 10.6 Å². The van der Waals surface area contributed by atoms with Gasteiger partial charge in [0.25, 0.3) is 0 Å². The first-order valence-corrected chi connectivity index (χ1v) is 8.28. The van der Waals surface area contributed by atoms with E-state index in [1.807, 2.05) is 20.8 Å². The highest BCUT2D eigenvalue weighted by Crippen LogP contribution is 2.21. The first-order chi connectivity index (χ1) is 8.77. The molecule has 19 heavy (non-hydrogen) atoms. The Morgan fingerprint density at radius 3 is 2.26 bits per heavy atom. The fourth-order valence-electron chi connectivity index (χ4n) is 1.11. The number of rotatable bonds is 8. The quantitative estimate of drug-likeness (QED) is 0.572. The summed E-state index contributed by atoms with van der Waals surface area (Å²) in [6.45, 7) is 5.71. The zero-order chi connectivity index (χ0) is 15.0. The largest absolute Gasteiger partial charge is 0.481 e. The predicted molar refractivity (Wildman–Crippen MR) is 78.8 cm³/mol. The van der Waals surface area contributed by atoms with Crippen LogP contribution in [-0.4, -0.2) is 40.7 Å². The molecule has 6 nitrogen and oxygen atoms in total. The van der Waals surface area contributed by atoms with Crippen LogP contribution in [0.4, 0.5) is 0 Å². The lowest BCUT2D eigenvalue weighted by Crippen LogP contribution is -2.44. The van der Waals surface area contributed by atoms with Gasteiger partial charge in [-0.25, -0.2) is 0 Å². The molecule has 0 saturated carbocycles. The molecule has 8 heteroatoms. The van der Waals surface area contributed by atoms with Gasteiger partial charge in [0.05, 0.1) is 18.2 Å². The van der Waals surface area contributed by atoms with Gasteiger partial charge in [0, 0.05) is 6.04 Å². The third-order valence-electron chi connectivity index (χ3n) is 2.63. The minimum Gasteiger partial charge on any atom is -0.481 e. The number of hydrogen-bond donors (Lipinski definition) is 3. The van der Waals surface area contributed by atoms with Gasteiger partial charge in [-0.3, -0.25) is 14.4 Å². The molecule has 0 spiro atoms. The van der Waals surface area contributed by atoms with Crippen LogP contribution in [0.2, 0.25) is 0 Å². The summed E-state index contributed by atoms with van der Waals surface area (Å²) in [6.07, 6.45) is -0.274. The SMILES string of the molecule is CC(C)C(C)NC(=O)CNC(=O)C(CC(=O)O)SP. The number of aliphatic carboxylic acids is 1. The summed E-state index contributed by atoms with van der Waals surface area (Å²) in [5.74, 6) is -1.47. The minimum absolute atomic E-state index is 0.0234. The zero-order valence-electron chi connectivity index (χ0n) is 11.3. The third-order valence-corrected chi connectivity index (χ3v) is 4.32. The number of carboxylic acid groups (broad SMARTS) is 1. The molecule has 2 amide bonds. The monoisotopic (exact) mass is 308 g/mol. The Balaban J connectivity index is 4.13. The smallest absolute Gasteiger partial charge is 0.305 e. The Kier molecular flexibility index (Phi) is 8.76. The van der Waals surface area contributed by atoms with E-state index in [1.165, 1.54) is 0 Å². The Morgan fingerprint density at radius 1 is 1.26 bits per heavy atom. The van der Waals surface area contributed by atoms with E-state index in [0.717, 1.165) is 11.4 Å². The molecular weight excluding hydrogens is 287 g/mol. The Bertz CT molecular complexity index is 339. The van der Waals surface area contributed by atoms with Crippen molar-refractivity contribution < 1.29 is 19.5 Å². The van der Waals surface area contributed by atoms with Gasteiger partial charge in [-0.15, -0.1) is 11.4 Å². The molecule has 3 unspecified atom stereocenters. The molecule has 0 fully saturated rings. The molecule has 0 saturated heterocycles. The summed E-state index contributed by atoms with van der Waals surface area (Å²) < 4.78 is 0. The molecule has 0 aromatic heterocycles. The lowest BCUT2D eigenvalue weighted by molar-refractivity contribution is -0.138. The molecule has 3 atom stereocenters. The second kappa shape index (κ2) is 9.15. The molecular formula is C11H21N2O4PS. The molecule has 0 aliphatic heterocycles. The summed E-state index contributed by atoms with van der Waals surface area (Å²) in [7, 11) is 2.26. The second-order valence-electron chi connectivity index (χ2n) is 4.54. The molecule has 0 aromatic carbocycles. The first kappa shape index (κ1) is 18.2. The molecule has 0 aliphatic rings. The molecule has 0 bridgehead atoms. The van der Waals surface area contributed by atoms with Crippen molar-refractivity contribution in [2.75, 3.05) is 6.54 Å². The lowest BCUT2D eigenvalue weighted by Gasteiger charge is -2.18. The fraction of sp³-hybridized carbons (Fsp3) is 0.727. The summed E-state index contributed by atoms with van der Waals surface area (Å²) in [6, 6.07) is 0.0234. The maximum absolute atomic E-state index is 11.6. The van der Waals surface area contributed by atoms with Gasteiger partial charge >= 0.3 is 5.97 Å². The molecule has 0 radical (unpaired) electrons. The highest BCUT2D eigenvalue weighted by atomic mass is 32.7. The van der Waals surface area contributed by atoms with Gasteiger partial charge in [0.1, 0.15) is 0 Å². The number of carbonyl (C=O) groups excluding carboxylic acids is 2. The average molecular weight is 308 g/mol. The molecule has 0 aromatic rings. The minimum atomic E-state index is -1.05. The predicted octanol–water partition coefficient (Wildman–Crippen LogP) is 0.630. The van der Waals surface area contributed by atoms with Gasteiger partial charge in [0.2, 0.25) is 11.8 Å². The Morgan fingerprint density at radius 2 is 1.84 bits per heavy atom. The van der Waals surface area contributed by atoms with Crippen LogP contribution in [0.15, 0.2) is 0 Å². The van der Waals surface area contributed by atoms with Crippen LogP contribution in [-0.2, 0) is 14.4 Å². The Labute approximate surface area is 119 Å². The molecule has 3 N–H and O–H groups in total. The normalized spacial score (nSPS) is 13.7. The number of hydrogen-bond acceptors (Lipinski definition) is 4. The van der Waals surface area contributed by atoms with Gasteiger partial charge in [-0.2, -0.15) is 0 Å². The van der Waals surface area contributed by atoms with Gasteiger partial charge in [0.15, 0.2) is 0 Å². The van der Waals surface area contributed by atoms with E-state index in [9.17, 15) is 14.4 Å². The van der Waals surface area contributed by atoms with Crippen molar-refractivity contribution >= 4 is 37.6 Å². The van der Waals surface area contributed by atoms with Crippen LogP contribution in [0, 0.1) is 5.92 Å². The van der Waals surface area contributed by atoms with Crippen molar-refractivity contribution in [1.82, 2.24) is 10.6 Å². The van der Waals surface area contributed by atoms with E-state index < -0.39 is 17.1 Å². The van der Waals surface area contributed by atoms with E-state index in [2.05, 4.69) is 19.1 Å². The average Bonchev–Trinajstić information content (AvgIpc) is 2.32. The topological polar surface area (TPSA) is 95.5 Å². The van der Waals surface area contributed by atoms with E-state index in [-0.39, 0.29) is 24.9 Å². The second-order valence-corrected chi connectivity index (χ2v) is 6.20. The van der Waals surface area contributed by atoms with Gasteiger partial charge in [-0.1, -0.05) is 22.3 Å². The molecule has 0 aliphatic carbocycles. The van der Waals surface area contributed by atoms with Gasteiger partial charge < -0.3 is 15.7 Å². The maximum Gasteiger partial charge on any atom is 0.305 e. The van der Waals surface area contributed by atoms with Crippen LogP contribution >= 0.6 is 19.8 Å². The van der Waals surface area contributed by atoms with Crippen LogP contribution in [0.25, 0.3) is 0 Å². The summed E-state index contributed by atoms with van der Waals surface area (Å²) in [5, 5.41) is 13.1. The van der Waals surface area contributed by atoms with Crippen molar-refractivity contribution in [2.24, 2.45) is 5.92 Å². The first-order valence-electron chi connectivity index (χ1n) is 5.92. The zero-order valence-corrected chi connectivity index (χ0v) is 13.3. The highest BCUT2D eigenvalue weighted by molar-refractivity contribution is 8.44. The molecule has 0 heterocycles. The summed E-state index contributed by atoms with van der Waals surface area (Å²) >= 11 is 1.07. The van der Waals surface area contributed by atoms with Crippen molar-refractivity contribution in [1.29, 1.82) is 0 Å². The molecule has 0 rings (SSSR count). The summed E-state index contributed by atoms with van der Waals surface area (Å²) in [4.78, 5) is 33.7. The van der Waals surface area contributed by atoms with Crippen LogP contribution in [0.1, 0.15) is 27.2 Å². The number of nitrogens with one attached hydrogen (secondary N) is 2. The number of carboxylic acids is 1. The number of carbonyl (C=O) groups is 3. The van der Waals surface area contributed by atoms with Crippen LogP contribution in [0.5, 0.6) is 0 Å². The molecule has 110 valence electrons. The van der Waals surface area contributed by atoms with E-state index in [0.29, 0.717) is 5.92 Å². The van der Waals surface area contributed by atoms with Crippen molar-refractivity contribution in [3.63, 3.8) is 0 Å². The van der Waals surface area contributed by atoms with Gasteiger partial charge in [-0.05, 0) is 12.8 Å². The fourth-order valence-corrected chi connectivity index (χ4v) is 2.22. The maximum atomic E-state index is 11.6. The lowest BCUT2D eigenvalue weighted by atomic mass is 10.1. The van der Waals surface area contributed by atoms with Crippen molar-refractivity contribution in [3.8, 4) is 0 Å². The van der Waals surface area contributed by atoms with E-state index in [1.54, 1.807) is 0 Å². The van der Waals surface area contributed by atoms with Crippen molar-refractivity contribution in [2.45, 2.75) is 38.5 Å². The highest BCUT2D eigenvalue weighted by Gasteiger charge is 2.21. The van der Waals surface area contributed by atoms with Crippen molar-refractivity contribution in [3.05, 3.63) is 0 Å². The standard InChI is InChI=1S/C11H21N2O4PS/c1-6(2)7(3)13-9(14)5-12-11(17)8(19-18)4-10(15)16/h6-8H,4-5,18H2,1-3H3,(H,12,17)(H,13,14)(H,15,16). The Hall–Kier alpha value is -0.810. The van der Waals surface area contributed by atoms with Crippen LogP contribution in [0.3, 0.4) is 0 Å². The summed E-state index contributed by atoms with van der Waals surface area (Å²) in [5.41, 5.74) is 0. The van der Waals surface area contributed by atoms with E-state index in [4.69, 9.17) is 5.11 Å². The van der Waals surface area contributed by atoms with E-state index >= 15 is 0 Å². The number of amides is 2. The third kappa shape index (κ3) is 8.06.